The lowest BCUT2D eigenvalue weighted by molar-refractivity contribution is -0.309. The molecule has 6 heteroatoms. The van der Waals surface area contributed by atoms with E-state index in [-0.39, 0.29) is 12.5 Å². The molecule has 0 radical (unpaired) electrons. The highest BCUT2D eigenvalue weighted by atomic mass is 79.9. The van der Waals surface area contributed by atoms with Crippen LogP contribution in [0.15, 0.2) is 28.7 Å². The van der Waals surface area contributed by atoms with Gasteiger partial charge < -0.3 is 20.0 Å². The molecule has 1 aromatic rings. The molecule has 0 saturated carbocycles. The average Bonchev–Trinajstić information content (AvgIpc) is 2.32. The first-order valence-electron chi connectivity index (χ1n) is 5.78. The molecule has 0 aromatic heterocycles. The third kappa shape index (κ3) is 5.30. The number of benzene rings is 1. The van der Waals surface area contributed by atoms with E-state index in [0.717, 1.165) is 4.47 Å². The van der Waals surface area contributed by atoms with Crippen molar-refractivity contribution in [1.82, 2.24) is 5.32 Å². The number of rotatable bonds is 6. The first kappa shape index (κ1) is 15.5. The highest BCUT2D eigenvalue weighted by Gasteiger charge is 2.17. The Hall–Kier alpha value is -1.56. The Labute approximate surface area is 120 Å². The van der Waals surface area contributed by atoms with Crippen LogP contribution in [0.1, 0.15) is 13.8 Å². The van der Waals surface area contributed by atoms with E-state index in [1.165, 1.54) is 0 Å². The lowest BCUT2D eigenvalue weighted by Gasteiger charge is -2.23. The summed E-state index contributed by atoms with van der Waals surface area (Å²) in [5, 5.41) is 13.2. The number of ether oxygens (including phenoxy) is 1. The summed E-state index contributed by atoms with van der Waals surface area (Å²) in [5.41, 5.74) is 0. The van der Waals surface area contributed by atoms with Gasteiger partial charge in [-0.1, -0.05) is 35.8 Å². The van der Waals surface area contributed by atoms with E-state index >= 15 is 0 Å². The number of carbonyl (C=O) groups excluding carboxylic acids is 2. The smallest absolute Gasteiger partial charge is 0.258 e. The number of halogens is 1. The van der Waals surface area contributed by atoms with Crippen LogP contribution in [0, 0.1) is 5.92 Å². The Kier molecular flexibility index (Phi) is 5.82. The van der Waals surface area contributed by atoms with E-state index in [2.05, 4.69) is 21.2 Å². The van der Waals surface area contributed by atoms with Gasteiger partial charge in [0.1, 0.15) is 5.75 Å². The van der Waals surface area contributed by atoms with Crippen molar-refractivity contribution in [3.63, 3.8) is 0 Å². The number of carboxylic acids is 1. The van der Waals surface area contributed by atoms with Gasteiger partial charge >= 0.3 is 0 Å². The average molecular weight is 329 g/mol. The monoisotopic (exact) mass is 328 g/mol. The van der Waals surface area contributed by atoms with Crippen LogP contribution in [-0.2, 0) is 9.59 Å². The highest BCUT2D eigenvalue weighted by Crippen LogP contribution is 2.17. The van der Waals surface area contributed by atoms with Gasteiger partial charge in [0.05, 0.1) is 12.0 Å². The summed E-state index contributed by atoms with van der Waals surface area (Å²) in [5.74, 6) is -1.52. The fourth-order valence-corrected chi connectivity index (χ4v) is 1.80. The van der Waals surface area contributed by atoms with Gasteiger partial charge in [0, 0.05) is 4.47 Å². The predicted octanol–water partition coefficient (Wildman–Crippen LogP) is 0.719. The Bertz CT molecular complexity index is 462. The van der Waals surface area contributed by atoms with Crippen molar-refractivity contribution >= 4 is 27.8 Å². The standard InChI is InChI=1S/C13H16BrNO4/c1-8(2)12(13(17)18)15-11(16)7-19-10-5-3-4-9(14)6-10/h3-6,8,12H,7H2,1-2H3,(H,15,16)(H,17,18)/p-1. The van der Waals surface area contributed by atoms with Gasteiger partial charge in [0.25, 0.3) is 5.91 Å². The van der Waals surface area contributed by atoms with Gasteiger partial charge in [-0.05, 0) is 24.1 Å². The zero-order chi connectivity index (χ0) is 14.4. The lowest BCUT2D eigenvalue weighted by atomic mass is 10.1. The van der Waals surface area contributed by atoms with Crippen LogP contribution in [0.4, 0.5) is 0 Å². The van der Waals surface area contributed by atoms with Crippen molar-refractivity contribution < 1.29 is 19.4 Å². The van der Waals surface area contributed by atoms with Crippen molar-refractivity contribution in [3.8, 4) is 5.75 Å². The SMILES string of the molecule is CC(C)C(NC(=O)COc1cccc(Br)c1)C(=O)[O-]. The fourth-order valence-electron chi connectivity index (χ4n) is 1.42. The third-order valence-corrected chi connectivity index (χ3v) is 2.90. The van der Waals surface area contributed by atoms with Crippen LogP contribution in [-0.4, -0.2) is 24.5 Å². The zero-order valence-corrected chi connectivity index (χ0v) is 12.3. The van der Waals surface area contributed by atoms with E-state index in [4.69, 9.17) is 4.74 Å². The van der Waals surface area contributed by atoms with Crippen molar-refractivity contribution in [3.05, 3.63) is 28.7 Å². The van der Waals surface area contributed by atoms with Crippen LogP contribution in [0.5, 0.6) is 5.75 Å². The van der Waals surface area contributed by atoms with E-state index in [1.807, 2.05) is 6.07 Å². The minimum absolute atomic E-state index is 0.243. The molecule has 0 aliphatic heterocycles. The summed E-state index contributed by atoms with van der Waals surface area (Å²) in [6.07, 6.45) is 0. The molecule has 0 aliphatic carbocycles. The normalized spacial score (nSPS) is 12.0. The Balaban J connectivity index is 2.49. The number of hydrogen-bond donors (Lipinski definition) is 1. The number of amides is 1. The predicted molar refractivity (Wildman–Crippen MR) is 71.4 cm³/mol. The number of hydrogen-bond acceptors (Lipinski definition) is 4. The first-order valence-corrected chi connectivity index (χ1v) is 6.58. The lowest BCUT2D eigenvalue weighted by Crippen LogP contribution is -2.51. The van der Waals surface area contributed by atoms with Gasteiger partial charge in [-0.3, -0.25) is 4.79 Å². The summed E-state index contributed by atoms with van der Waals surface area (Å²) in [6, 6.07) is 6.01. The summed E-state index contributed by atoms with van der Waals surface area (Å²) < 4.78 is 6.09. The van der Waals surface area contributed by atoms with E-state index in [1.54, 1.807) is 32.0 Å². The second kappa shape index (κ2) is 7.13. The molecule has 0 bridgehead atoms. The van der Waals surface area contributed by atoms with Crippen LogP contribution in [0.25, 0.3) is 0 Å². The third-order valence-electron chi connectivity index (χ3n) is 2.40. The molecule has 1 N–H and O–H groups in total. The minimum Gasteiger partial charge on any atom is -0.548 e. The quantitative estimate of drug-likeness (QED) is 0.834. The van der Waals surface area contributed by atoms with Gasteiger partial charge in [0.15, 0.2) is 6.61 Å². The highest BCUT2D eigenvalue weighted by molar-refractivity contribution is 9.10. The molecule has 1 aromatic carbocycles. The number of carboxylic acid groups (broad SMARTS) is 1. The van der Waals surface area contributed by atoms with Crippen LogP contribution < -0.4 is 15.2 Å². The Morgan fingerprint density at radius 1 is 1.42 bits per heavy atom. The Morgan fingerprint density at radius 2 is 2.11 bits per heavy atom. The first-order chi connectivity index (χ1) is 8.90. The van der Waals surface area contributed by atoms with Crippen LogP contribution >= 0.6 is 15.9 Å². The van der Waals surface area contributed by atoms with E-state index in [0.29, 0.717) is 5.75 Å². The fraction of sp³-hybridized carbons (Fsp3) is 0.385. The minimum atomic E-state index is -1.30. The maximum atomic E-state index is 11.6. The van der Waals surface area contributed by atoms with Crippen molar-refractivity contribution in [2.75, 3.05) is 6.61 Å². The number of aliphatic carboxylic acids is 1. The molecule has 0 heterocycles. The van der Waals surface area contributed by atoms with E-state index < -0.39 is 17.9 Å². The summed E-state index contributed by atoms with van der Waals surface area (Å²) in [4.78, 5) is 22.4. The molecule has 1 amide bonds. The summed E-state index contributed by atoms with van der Waals surface area (Å²) in [7, 11) is 0. The molecule has 19 heavy (non-hydrogen) atoms. The molecule has 1 rings (SSSR count). The van der Waals surface area contributed by atoms with Gasteiger partial charge in [-0.2, -0.15) is 0 Å². The molecule has 5 nitrogen and oxygen atoms in total. The molecule has 0 saturated heterocycles. The van der Waals surface area contributed by atoms with Gasteiger partial charge in [-0.25, -0.2) is 0 Å². The molecular weight excluding hydrogens is 314 g/mol. The molecule has 0 aliphatic rings. The topological polar surface area (TPSA) is 78.5 Å². The molecule has 0 fully saturated rings. The molecule has 104 valence electrons. The van der Waals surface area contributed by atoms with Crippen molar-refractivity contribution in [2.24, 2.45) is 5.92 Å². The van der Waals surface area contributed by atoms with Gasteiger partial charge in [-0.15, -0.1) is 0 Å². The van der Waals surface area contributed by atoms with Crippen molar-refractivity contribution in [1.29, 1.82) is 0 Å². The molecule has 1 atom stereocenters. The zero-order valence-electron chi connectivity index (χ0n) is 10.7. The second-order valence-corrected chi connectivity index (χ2v) is 5.27. The molecule has 0 spiro atoms. The molecular formula is C13H15BrNO4-. The van der Waals surface area contributed by atoms with Crippen LogP contribution in [0.2, 0.25) is 0 Å². The summed E-state index contributed by atoms with van der Waals surface area (Å²) >= 11 is 3.28. The van der Waals surface area contributed by atoms with Gasteiger partial charge in [0.2, 0.25) is 0 Å². The van der Waals surface area contributed by atoms with Crippen molar-refractivity contribution in [2.45, 2.75) is 19.9 Å². The maximum Gasteiger partial charge on any atom is 0.258 e. The number of nitrogens with one attached hydrogen (secondary N) is 1. The second-order valence-electron chi connectivity index (χ2n) is 4.35. The van der Waals surface area contributed by atoms with Crippen LogP contribution in [0.3, 0.4) is 0 Å². The largest absolute Gasteiger partial charge is 0.548 e. The molecule has 1 unspecified atom stereocenters. The maximum absolute atomic E-state index is 11.6. The van der Waals surface area contributed by atoms with E-state index in [9.17, 15) is 14.7 Å². The number of carbonyl (C=O) groups is 2. The summed E-state index contributed by atoms with van der Waals surface area (Å²) in [6.45, 7) is 3.14. The Morgan fingerprint density at radius 3 is 2.63 bits per heavy atom.